The molecule has 0 saturated heterocycles. The van der Waals surface area contributed by atoms with Crippen LogP contribution in [0.2, 0.25) is 0 Å². The molecule has 2 N–H and O–H groups in total. The Hall–Kier alpha value is -1.43. The average Bonchev–Trinajstić information content (AvgIpc) is 2.50. The summed E-state index contributed by atoms with van der Waals surface area (Å²) in [5.41, 5.74) is 7.36. The van der Waals surface area contributed by atoms with E-state index in [1.54, 1.807) is 17.1 Å². The summed E-state index contributed by atoms with van der Waals surface area (Å²) in [6.45, 7) is 2.47. The molecule has 0 fully saturated rings. The van der Waals surface area contributed by atoms with Gasteiger partial charge in [0.05, 0.1) is 28.6 Å². The van der Waals surface area contributed by atoms with Crippen molar-refractivity contribution in [3.05, 3.63) is 34.5 Å². The number of nitrogen functional groups attached to an aromatic ring is 1. The van der Waals surface area contributed by atoms with Gasteiger partial charge in [0.2, 0.25) is 0 Å². The van der Waals surface area contributed by atoms with Crippen LogP contribution in [-0.4, -0.2) is 19.7 Å². The van der Waals surface area contributed by atoms with Gasteiger partial charge in [0.15, 0.2) is 5.82 Å². The third-order valence-corrected chi connectivity index (χ3v) is 2.51. The van der Waals surface area contributed by atoms with Gasteiger partial charge in [0.1, 0.15) is 0 Å². The van der Waals surface area contributed by atoms with Crippen LogP contribution >= 0.6 is 15.9 Å². The second-order valence-corrected chi connectivity index (χ2v) is 4.06. The number of nitrogens with two attached hydrogens (primary N) is 1. The van der Waals surface area contributed by atoms with Gasteiger partial charge in [-0.3, -0.25) is 14.6 Å². The minimum atomic E-state index is 0.482. The number of nitrogens with zero attached hydrogens (tertiary/aromatic N) is 4. The molecule has 0 aliphatic heterocycles. The van der Waals surface area contributed by atoms with Gasteiger partial charge in [0.25, 0.3) is 0 Å². The van der Waals surface area contributed by atoms with Crippen molar-refractivity contribution in [2.45, 2.75) is 13.5 Å². The zero-order valence-corrected chi connectivity index (χ0v) is 9.77. The van der Waals surface area contributed by atoms with E-state index in [1.807, 2.05) is 13.1 Å². The van der Waals surface area contributed by atoms with Crippen LogP contribution < -0.4 is 5.73 Å². The lowest BCUT2D eigenvalue weighted by Gasteiger charge is -2.00. The molecule has 0 amide bonds. The van der Waals surface area contributed by atoms with E-state index in [-0.39, 0.29) is 0 Å². The van der Waals surface area contributed by atoms with Crippen LogP contribution in [0.1, 0.15) is 11.4 Å². The van der Waals surface area contributed by atoms with Gasteiger partial charge >= 0.3 is 0 Å². The molecule has 2 aromatic rings. The summed E-state index contributed by atoms with van der Waals surface area (Å²) in [5, 5.41) is 4.11. The van der Waals surface area contributed by atoms with E-state index in [9.17, 15) is 0 Å². The molecule has 6 heteroatoms. The molecule has 0 saturated carbocycles. The fraction of sp³-hybridized carbons (Fsp3) is 0.222. The van der Waals surface area contributed by atoms with E-state index >= 15 is 0 Å². The van der Waals surface area contributed by atoms with E-state index in [0.717, 1.165) is 15.9 Å². The van der Waals surface area contributed by atoms with Crippen LogP contribution in [0.5, 0.6) is 0 Å². The Morgan fingerprint density at radius 2 is 2.20 bits per heavy atom. The van der Waals surface area contributed by atoms with Gasteiger partial charge in [-0.25, -0.2) is 0 Å². The maximum atomic E-state index is 5.60. The van der Waals surface area contributed by atoms with E-state index in [1.165, 1.54) is 0 Å². The van der Waals surface area contributed by atoms with Crippen LogP contribution in [0, 0.1) is 6.92 Å². The molecule has 0 unspecified atom stereocenters. The van der Waals surface area contributed by atoms with E-state index < -0.39 is 0 Å². The fourth-order valence-electron chi connectivity index (χ4n) is 1.16. The van der Waals surface area contributed by atoms with Crippen molar-refractivity contribution in [1.82, 2.24) is 19.7 Å². The highest BCUT2D eigenvalue weighted by molar-refractivity contribution is 9.10. The standard InChI is InChI=1S/C9H10BrN5/c1-6-2-13-7(3-12-6)4-15-5-8(10)9(11)14-15/h2-3,5H,4H2,1H3,(H2,11,14). The number of aromatic nitrogens is 4. The van der Waals surface area contributed by atoms with Crippen molar-refractivity contribution in [1.29, 1.82) is 0 Å². The van der Waals surface area contributed by atoms with Crippen molar-refractivity contribution in [3.63, 3.8) is 0 Å². The molecule has 0 aromatic carbocycles. The molecule has 0 aliphatic carbocycles. The molecule has 0 atom stereocenters. The molecule has 2 aromatic heterocycles. The minimum absolute atomic E-state index is 0.482. The second-order valence-electron chi connectivity index (χ2n) is 3.21. The van der Waals surface area contributed by atoms with Crippen LogP contribution in [-0.2, 0) is 6.54 Å². The Morgan fingerprint density at radius 1 is 1.40 bits per heavy atom. The summed E-state index contributed by atoms with van der Waals surface area (Å²) in [7, 11) is 0. The summed E-state index contributed by atoms with van der Waals surface area (Å²) >= 11 is 3.30. The zero-order chi connectivity index (χ0) is 10.8. The lowest BCUT2D eigenvalue weighted by atomic mass is 10.4. The van der Waals surface area contributed by atoms with Crippen LogP contribution in [0.15, 0.2) is 23.1 Å². The predicted molar refractivity (Wildman–Crippen MR) is 60.2 cm³/mol. The molecule has 0 radical (unpaired) electrons. The number of halogens is 1. The SMILES string of the molecule is Cc1cnc(Cn2cc(Br)c(N)n2)cn1. The van der Waals surface area contributed by atoms with E-state index in [2.05, 4.69) is 31.0 Å². The Labute approximate surface area is 95.5 Å². The highest BCUT2D eigenvalue weighted by atomic mass is 79.9. The predicted octanol–water partition coefficient (Wildman–Crippen LogP) is 1.37. The maximum absolute atomic E-state index is 5.60. The minimum Gasteiger partial charge on any atom is -0.381 e. The van der Waals surface area contributed by atoms with Crippen LogP contribution in [0.4, 0.5) is 5.82 Å². The van der Waals surface area contributed by atoms with Crippen LogP contribution in [0.3, 0.4) is 0 Å². The summed E-state index contributed by atoms with van der Waals surface area (Å²) in [6.07, 6.45) is 5.29. The first-order chi connectivity index (χ1) is 7.15. The van der Waals surface area contributed by atoms with Crippen molar-refractivity contribution >= 4 is 21.7 Å². The number of aryl methyl sites for hydroxylation is 1. The van der Waals surface area contributed by atoms with Gasteiger partial charge < -0.3 is 5.73 Å². The fourth-order valence-corrected chi connectivity index (χ4v) is 1.48. The number of rotatable bonds is 2. The van der Waals surface area contributed by atoms with E-state index in [0.29, 0.717) is 12.4 Å². The zero-order valence-electron chi connectivity index (χ0n) is 8.18. The molecule has 15 heavy (non-hydrogen) atoms. The summed E-state index contributed by atoms with van der Waals surface area (Å²) in [5.74, 6) is 0.482. The lowest BCUT2D eigenvalue weighted by molar-refractivity contribution is 0.671. The van der Waals surface area contributed by atoms with Crippen LogP contribution in [0.25, 0.3) is 0 Å². The van der Waals surface area contributed by atoms with Gasteiger partial charge in [0, 0.05) is 12.4 Å². The molecule has 0 aliphatic rings. The summed E-state index contributed by atoms with van der Waals surface area (Å²) in [6, 6.07) is 0. The van der Waals surface area contributed by atoms with Gasteiger partial charge in [-0.1, -0.05) is 0 Å². The van der Waals surface area contributed by atoms with Crippen molar-refractivity contribution in [2.24, 2.45) is 0 Å². The summed E-state index contributed by atoms with van der Waals surface area (Å²) < 4.78 is 2.52. The molecule has 78 valence electrons. The van der Waals surface area contributed by atoms with Crippen molar-refractivity contribution in [3.8, 4) is 0 Å². The Kier molecular flexibility index (Phi) is 2.68. The molecule has 2 heterocycles. The molecular weight excluding hydrogens is 258 g/mol. The third kappa shape index (κ3) is 2.33. The van der Waals surface area contributed by atoms with Crippen molar-refractivity contribution in [2.75, 3.05) is 5.73 Å². The first kappa shape index (κ1) is 10.1. The summed E-state index contributed by atoms with van der Waals surface area (Å²) in [4.78, 5) is 8.39. The first-order valence-corrected chi connectivity index (χ1v) is 5.20. The smallest absolute Gasteiger partial charge is 0.159 e. The van der Waals surface area contributed by atoms with Gasteiger partial charge in [-0.2, -0.15) is 5.10 Å². The quantitative estimate of drug-likeness (QED) is 0.893. The highest BCUT2D eigenvalue weighted by Gasteiger charge is 2.03. The Morgan fingerprint density at radius 3 is 2.73 bits per heavy atom. The molecule has 0 spiro atoms. The normalized spacial score (nSPS) is 10.5. The number of hydrogen-bond donors (Lipinski definition) is 1. The largest absolute Gasteiger partial charge is 0.381 e. The molecular formula is C9H10BrN5. The maximum Gasteiger partial charge on any atom is 0.159 e. The highest BCUT2D eigenvalue weighted by Crippen LogP contribution is 2.16. The molecule has 5 nitrogen and oxygen atoms in total. The average molecular weight is 268 g/mol. The first-order valence-electron chi connectivity index (χ1n) is 4.41. The number of hydrogen-bond acceptors (Lipinski definition) is 4. The topological polar surface area (TPSA) is 69.6 Å². The third-order valence-electron chi connectivity index (χ3n) is 1.90. The Balaban J connectivity index is 2.18. The van der Waals surface area contributed by atoms with Gasteiger partial charge in [-0.15, -0.1) is 0 Å². The molecule has 0 bridgehead atoms. The number of anilines is 1. The van der Waals surface area contributed by atoms with Gasteiger partial charge in [-0.05, 0) is 22.9 Å². The second kappa shape index (κ2) is 3.98. The Bertz CT molecular complexity index is 442. The van der Waals surface area contributed by atoms with Crippen molar-refractivity contribution < 1.29 is 0 Å². The lowest BCUT2D eigenvalue weighted by Crippen LogP contribution is -2.03. The van der Waals surface area contributed by atoms with E-state index in [4.69, 9.17) is 5.73 Å². The monoisotopic (exact) mass is 267 g/mol. The molecule has 2 rings (SSSR count).